The van der Waals surface area contributed by atoms with E-state index in [1.165, 1.54) is 6.92 Å². The summed E-state index contributed by atoms with van der Waals surface area (Å²) in [6, 6.07) is -1.61. The van der Waals surface area contributed by atoms with Crippen LogP contribution in [0.5, 0.6) is 0 Å². The lowest BCUT2D eigenvalue weighted by Crippen LogP contribution is -2.71. The van der Waals surface area contributed by atoms with Crippen molar-refractivity contribution in [3.63, 3.8) is 0 Å². The lowest BCUT2D eigenvalue weighted by molar-refractivity contribution is -0.206. The second kappa shape index (κ2) is 10.7. The van der Waals surface area contributed by atoms with Crippen LogP contribution >= 0.6 is 0 Å². The SMILES string of the molecule is CCOC(=O)C1(C(=O)OCC)C[C@@H](N)[C@@H](NC(C)=O)[C@H](OC(CC)CC)[C@H]1O. The highest BCUT2D eigenvalue weighted by Gasteiger charge is 2.63. The van der Waals surface area contributed by atoms with E-state index in [9.17, 15) is 19.5 Å². The van der Waals surface area contributed by atoms with Gasteiger partial charge in [-0.15, -0.1) is 0 Å². The van der Waals surface area contributed by atoms with Crippen LogP contribution in [0.25, 0.3) is 0 Å². The van der Waals surface area contributed by atoms with E-state index < -0.39 is 41.6 Å². The first-order chi connectivity index (χ1) is 13.2. The molecule has 0 bridgehead atoms. The van der Waals surface area contributed by atoms with Gasteiger partial charge in [-0.05, 0) is 33.1 Å². The first-order valence-corrected chi connectivity index (χ1v) is 9.89. The van der Waals surface area contributed by atoms with Gasteiger partial charge in [0, 0.05) is 13.0 Å². The maximum absolute atomic E-state index is 12.8. The Hall–Kier alpha value is -1.71. The number of aliphatic hydroxyl groups is 1. The summed E-state index contributed by atoms with van der Waals surface area (Å²) in [7, 11) is 0. The number of carbonyl (C=O) groups is 3. The zero-order chi connectivity index (χ0) is 21.5. The Morgan fingerprint density at radius 2 is 1.61 bits per heavy atom. The maximum atomic E-state index is 12.8. The van der Waals surface area contributed by atoms with E-state index in [2.05, 4.69) is 5.32 Å². The number of hydrogen-bond acceptors (Lipinski definition) is 8. The van der Waals surface area contributed by atoms with Crippen molar-refractivity contribution in [2.75, 3.05) is 13.2 Å². The summed E-state index contributed by atoms with van der Waals surface area (Å²) in [5.74, 6) is -2.17. The Morgan fingerprint density at radius 3 is 2.00 bits per heavy atom. The molecule has 0 aromatic rings. The minimum atomic E-state index is -2.02. The molecule has 9 heteroatoms. The Kier molecular flexibility index (Phi) is 9.32. The number of ether oxygens (including phenoxy) is 3. The zero-order valence-electron chi connectivity index (χ0n) is 17.4. The molecule has 0 aromatic carbocycles. The normalized spacial score (nSPS) is 26.6. The third kappa shape index (κ3) is 5.01. The van der Waals surface area contributed by atoms with Crippen molar-refractivity contribution in [3.05, 3.63) is 0 Å². The number of hydrogen-bond donors (Lipinski definition) is 3. The van der Waals surface area contributed by atoms with Crippen LogP contribution in [0, 0.1) is 5.41 Å². The molecule has 1 amide bonds. The quantitative estimate of drug-likeness (QED) is 0.369. The van der Waals surface area contributed by atoms with Gasteiger partial charge in [0.1, 0.15) is 12.2 Å². The van der Waals surface area contributed by atoms with E-state index in [4.69, 9.17) is 19.9 Å². The molecule has 4 atom stereocenters. The van der Waals surface area contributed by atoms with Crippen molar-refractivity contribution in [3.8, 4) is 0 Å². The van der Waals surface area contributed by atoms with Crippen molar-refractivity contribution in [2.45, 2.75) is 84.3 Å². The van der Waals surface area contributed by atoms with E-state index in [-0.39, 0.29) is 31.6 Å². The Labute approximate surface area is 166 Å². The molecule has 1 aliphatic carbocycles. The lowest BCUT2D eigenvalue weighted by atomic mass is 9.66. The molecule has 1 saturated carbocycles. The van der Waals surface area contributed by atoms with Crippen LogP contribution in [0.2, 0.25) is 0 Å². The number of nitrogens with two attached hydrogens (primary N) is 1. The van der Waals surface area contributed by atoms with Gasteiger partial charge in [0.2, 0.25) is 5.91 Å². The fourth-order valence-corrected chi connectivity index (χ4v) is 3.64. The van der Waals surface area contributed by atoms with Crippen molar-refractivity contribution in [1.29, 1.82) is 0 Å². The van der Waals surface area contributed by atoms with Gasteiger partial charge in [-0.1, -0.05) is 13.8 Å². The van der Waals surface area contributed by atoms with Crippen molar-refractivity contribution >= 4 is 17.8 Å². The molecule has 28 heavy (non-hydrogen) atoms. The van der Waals surface area contributed by atoms with Gasteiger partial charge in [-0.25, -0.2) is 0 Å². The summed E-state index contributed by atoms with van der Waals surface area (Å²) in [6.45, 7) is 8.41. The average molecular weight is 402 g/mol. The molecule has 1 aliphatic rings. The topological polar surface area (TPSA) is 137 Å². The third-order valence-corrected chi connectivity index (χ3v) is 5.10. The van der Waals surface area contributed by atoms with Crippen LogP contribution in [0.15, 0.2) is 0 Å². The first kappa shape index (κ1) is 24.3. The molecule has 0 radical (unpaired) electrons. The highest BCUT2D eigenvalue weighted by atomic mass is 16.6. The van der Waals surface area contributed by atoms with Gasteiger partial charge in [-0.3, -0.25) is 14.4 Å². The van der Waals surface area contributed by atoms with E-state index in [1.807, 2.05) is 13.8 Å². The maximum Gasteiger partial charge on any atom is 0.326 e. The molecule has 0 unspecified atom stereocenters. The first-order valence-electron chi connectivity index (χ1n) is 9.89. The summed E-state index contributed by atoms with van der Waals surface area (Å²) in [6.07, 6.45) is -1.86. The van der Waals surface area contributed by atoms with Gasteiger partial charge in [0.05, 0.1) is 25.4 Å². The predicted molar refractivity (Wildman–Crippen MR) is 101 cm³/mol. The van der Waals surface area contributed by atoms with Crippen LogP contribution in [0.4, 0.5) is 0 Å². The molecule has 1 fully saturated rings. The largest absolute Gasteiger partial charge is 0.465 e. The van der Waals surface area contributed by atoms with Crippen LogP contribution in [-0.4, -0.2) is 66.6 Å². The van der Waals surface area contributed by atoms with E-state index >= 15 is 0 Å². The molecule has 0 spiro atoms. The van der Waals surface area contributed by atoms with Crippen LogP contribution in [-0.2, 0) is 28.6 Å². The zero-order valence-corrected chi connectivity index (χ0v) is 17.4. The van der Waals surface area contributed by atoms with E-state index in [0.717, 1.165) is 0 Å². The second-order valence-corrected chi connectivity index (χ2v) is 6.99. The number of rotatable bonds is 9. The molecule has 0 aromatic heterocycles. The second-order valence-electron chi connectivity index (χ2n) is 6.99. The predicted octanol–water partition coefficient (Wildman–Crippen LogP) is 0.269. The van der Waals surface area contributed by atoms with Crippen LogP contribution in [0.3, 0.4) is 0 Å². The number of amides is 1. The van der Waals surface area contributed by atoms with Gasteiger partial charge in [-0.2, -0.15) is 0 Å². The Bertz CT molecular complexity index is 532. The summed E-state index contributed by atoms with van der Waals surface area (Å²) < 4.78 is 16.2. The minimum Gasteiger partial charge on any atom is -0.465 e. The van der Waals surface area contributed by atoms with Crippen LogP contribution < -0.4 is 11.1 Å². The average Bonchev–Trinajstić information content (AvgIpc) is 2.64. The van der Waals surface area contributed by atoms with Gasteiger partial charge < -0.3 is 30.4 Å². The summed E-state index contributed by atoms with van der Waals surface area (Å²) in [4.78, 5) is 37.3. The number of esters is 2. The molecule has 0 heterocycles. The minimum absolute atomic E-state index is 0.0230. The highest BCUT2D eigenvalue weighted by molar-refractivity contribution is 6.01. The lowest BCUT2D eigenvalue weighted by Gasteiger charge is -2.48. The van der Waals surface area contributed by atoms with E-state index in [0.29, 0.717) is 12.8 Å². The standard InChI is InChI=1S/C19H34N2O7/c1-6-12(7-2)28-15-14(21-11(5)22)13(20)10-19(16(15)23,17(24)26-8-3)18(25)27-9-4/h12-16,23H,6-10,20H2,1-5H3,(H,21,22)/t13-,14-,15+,16-/m1/s1. The molecule has 162 valence electrons. The molecule has 0 saturated heterocycles. The number of nitrogens with one attached hydrogen (secondary N) is 1. The monoisotopic (exact) mass is 402 g/mol. The summed E-state index contributed by atoms with van der Waals surface area (Å²) >= 11 is 0. The van der Waals surface area contributed by atoms with Gasteiger partial charge in [0.15, 0.2) is 5.41 Å². The smallest absolute Gasteiger partial charge is 0.326 e. The number of carbonyl (C=O) groups excluding carboxylic acids is 3. The fraction of sp³-hybridized carbons (Fsp3) is 0.842. The Balaban J connectivity index is 3.44. The van der Waals surface area contributed by atoms with Crippen molar-refractivity contribution < 1.29 is 33.7 Å². The van der Waals surface area contributed by atoms with Crippen molar-refractivity contribution in [1.82, 2.24) is 5.32 Å². The molecule has 1 rings (SSSR count). The summed E-state index contributed by atoms with van der Waals surface area (Å²) in [5.41, 5.74) is 4.24. The van der Waals surface area contributed by atoms with E-state index in [1.54, 1.807) is 13.8 Å². The van der Waals surface area contributed by atoms with Gasteiger partial charge in [0.25, 0.3) is 0 Å². The molecular formula is C19H34N2O7. The molecular weight excluding hydrogens is 368 g/mol. The molecule has 0 aliphatic heterocycles. The third-order valence-electron chi connectivity index (χ3n) is 5.10. The fourth-order valence-electron chi connectivity index (χ4n) is 3.64. The van der Waals surface area contributed by atoms with Gasteiger partial charge >= 0.3 is 11.9 Å². The Morgan fingerprint density at radius 1 is 1.11 bits per heavy atom. The van der Waals surface area contributed by atoms with Crippen LogP contribution in [0.1, 0.15) is 53.9 Å². The molecule has 4 N–H and O–H groups in total. The summed E-state index contributed by atoms with van der Waals surface area (Å²) in [5, 5.41) is 13.9. The molecule has 9 nitrogen and oxygen atoms in total. The van der Waals surface area contributed by atoms with Crippen molar-refractivity contribution in [2.24, 2.45) is 11.1 Å². The highest BCUT2D eigenvalue weighted by Crippen LogP contribution is 2.41. The number of aliphatic hydroxyl groups excluding tert-OH is 1.